The molecule has 0 radical (unpaired) electrons. The van der Waals surface area contributed by atoms with Crippen LogP contribution >= 0.6 is 0 Å². The number of carboxylic acids is 1. The number of anilines is 1. The number of urea groups is 1. The molecule has 1 aliphatic rings. The standard InChI is InChI=1S/C20H29N3O4/c1-5-20(3,4)22-17(24)14-6-8-16(9-7-14)21-19(27)23-11-13(2)10-15(12-23)18(25)26/h6-9,13,15H,5,10-12H2,1-4H3,(H,21,27)(H,22,24)(H,25,26). The summed E-state index contributed by atoms with van der Waals surface area (Å²) in [6, 6.07) is 6.35. The van der Waals surface area contributed by atoms with Gasteiger partial charge in [0.1, 0.15) is 0 Å². The second kappa shape index (κ2) is 8.41. The number of carbonyl (C=O) groups excluding carboxylic acids is 2. The van der Waals surface area contributed by atoms with Crippen molar-refractivity contribution < 1.29 is 19.5 Å². The van der Waals surface area contributed by atoms with Gasteiger partial charge in [-0.3, -0.25) is 9.59 Å². The summed E-state index contributed by atoms with van der Waals surface area (Å²) in [5.41, 5.74) is 0.804. The number of carbonyl (C=O) groups is 3. The number of likely N-dealkylation sites (tertiary alicyclic amines) is 1. The molecular weight excluding hydrogens is 346 g/mol. The normalized spacial score (nSPS) is 20.1. The molecule has 1 saturated heterocycles. The van der Waals surface area contributed by atoms with Crippen molar-refractivity contribution in [2.24, 2.45) is 11.8 Å². The second-order valence-corrected chi connectivity index (χ2v) is 7.98. The maximum atomic E-state index is 12.5. The quantitative estimate of drug-likeness (QED) is 0.736. The van der Waals surface area contributed by atoms with Gasteiger partial charge in [-0.05, 0) is 56.9 Å². The lowest BCUT2D eigenvalue weighted by Gasteiger charge is -2.34. The van der Waals surface area contributed by atoms with E-state index in [4.69, 9.17) is 0 Å². The molecule has 2 unspecified atom stereocenters. The highest BCUT2D eigenvalue weighted by molar-refractivity contribution is 5.96. The summed E-state index contributed by atoms with van der Waals surface area (Å²) in [5, 5.41) is 15.0. The fraction of sp³-hybridized carbons (Fsp3) is 0.550. The number of hydrogen-bond donors (Lipinski definition) is 3. The van der Waals surface area contributed by atoms with Gasteiger partial charge in [-0.2, -0.15) is 0 Å². The van der Waals surface area contributed by atoms with E-state index in [0.29, 0.717) is 24.2 Å². The number of rotatable bonds is 5. The zero-order valence-electron chi connectivity index (χ0n) is 16.4. The van der Waals surface area contributed by atoms with E-state index in [0.717, 1.165) is 6.42 Å². The Hall–Kier alpha value is -2.57. The molecule has 7 nitrogen and oxygen atoms in total. The van der Waals surface area contributed by atoms with Crippen LogP contribution in [0.2, 0.25) is 0 Å². The molecule has 0 bridgehead atoms. The Kier molecular flexibility index (Phi) is 6.46. The van der Waals surface area contributed by atoms with Crippen molar-refractivity contribution in [2.75, 3.05) is 18.4 Å². The fourth-order valence-electron chi connectivity index (χ4n) is 3.07. The van der Waals surface area contributed by atoms with Gasteiger partial charge in [0, 0.05) is 29.9 Å². The van der Waals surface area contributed by atoms with E-state index in [2.05, 4.69) is 10.6 Å². The number of nitrogens with one attached hydrogen (secondary N) is 2. The Morgan fingerprint density at radius 3 is 2.37 bits per heavy atom. The Bertz CT molecular complexity index is 700. The van der Waals surface area contributed by atoms with Gasteiger partial charge in [-0.1, -0.05) is 13.8 Å². The number of amides is 3. The number of hydrogen-bond acceptors (Lipinski definition) is 3. The van der Waals surface area contributed by atoms with Crippen LogP contribution in [0.4, 0.5) is 10.5 Å². The lowest BCUT2D eigenvalue weighted by Crippen LogP contribution is -2.47. The second-order valence-electron chi connectivity index (χ2n) is 7.98. The Morgan fingerprint density at radius 2 is 1.81 bits per heavy atom. The first-order chi connectivity index (χ1) is 12.6. The van der Waals surface area contributed by atoms with Crippen LogP contribution in [-0.2, 0) is 4.79 Å². The molecule has 3 N–H and O–H groups in total. The van der Waals surface area contributed by atoms with E-state index in [-0.39, 0.29) is 29.9 Å². The van der Waals surface area contributed by atoms with Gasteiger partial charge in [-0.25, -0.2) is 4.79 Å². The summed E-state index contributed by atoms with van der Waals surface area (Å²) in [6.45, 7) is 8.61. The highest BCUT2D eigenvalue weighted by atomic mass is 16.4. The number of aliphatic carboxylic acids is 1. The molecule has 7 heteroatoms. The van der Waals surface area contributed by atoms with Crippen LogP contribution in [0, 0.1) is 11.8 Å². The van der Waals surface area contributed by atoms with Crippen LogP contribution in [-0.4, -0.2) is 46.5 Å². The van der Waals surface area contributed by atoms with E-state index >= 15 is 0 Å². The van der Waals surface area contributed by atoms with Crippen molar-refractivity contribution >= 4 is 23.6 Å². The minimum Gasteiger partial charge on any atom is -0.481 e. The molecule has 1 aliphatic heterocycles. The Labute approximate surface area is 160 Å². The van der Waals surface area contributed by atoms with Crippen LogP contribution < -0.4 is 10.6 Å². The SMILES string of the molecule is CCC(C)(C)NC(=O)c1ccc(NC(=O)N2CC(C)CC(C(=O)O)C2)cc1. The molecule has 1 aromatic carbocycles. The van der Waals surface area contributed by atoms with Crippen molar-refractivity contribution in [3.8, 4) is 0 Å². The molecule has 3 amide bonds. The summed E-state index contributed by atoms with van der Waals surface area (Å²) in [7, 11) is 0. The lowest BCUT2D eigenvalue weighted by molar-refractivity contribution is -0.143. The van der Waals surface area contributed by atoms with Gasteiger partial charge in [-0.15, -0.1) is 0 Å². The van der Waals surface area contributed by atoms with Gasteiger partial charge in [0.25, 0.3) is 5.91 Å². The smallest absolute Gasteiger partial charge is 0.321 e. The van der Waals surface area contributed by atoms with E-state index in [1.165, 1.54) is 4.90 Å². The third-order valence-electron chi connectivity index (χ3n) is 5.03. The average Bonchev–Trinajstić information content (AvgIpc) is 2.61. The van der Waals surface area contributed by atoms with Crippen molar-refractivity contribution in [2.45, 2.75) is 46.1 Å². The predicted octanol–water partition coefficient (Wildman–Crippen LogP) is 3.18. The zero-order valence-corrected chi connectivity index (χ0v) is 16.4. The average molecular weight is 375 g/mol. The predicted molar refractivity (Wildman–Crippen MR) is 104 cm³/mol. The van der Waals surface area contributed by atoms with Crippen molar-refractivity contribution in [3.63, 3.8) is 0 Å². The molecule has 0 saturated carbocycles. The fourth-order valence-corrected chi connectivity index (χ4v) is 3.07. The highest BCUT2D eigenvalue weighted by Crippen LogP contribution is 2.22. The van der Waals surface area contributed by atoms with Gasteiger partial charge < -0.3 is 20.6 Å². The van der Waals surface area contributed by atoms with Crippen LogP contribution in [0.5, 0.6) is 0 Å². The van der Waals surface area contributed by atoms with Gasteiger partial charge in [0.15, 0.2) is 0 Å². The molecule has 1 fully saturated rings. The zero-order chi connectivity index (χ0) is 20.2. The maximum absolute atomic E-state index is 12.5. The minimum absolute atomic E-state index is 0.138. The van der Waals surface area contributed by atoms with Gasteiger partial charge in [0.05, 0.1) is 5.92 Å². The van der Waals surface area contributed by atoms with E-state index in [9.17, 15) is 19.5 Å². The first kappa shape index (κ1) is 20.7. The van der Waals surface area contributed by atoms with Crippen molar-refractivity contribution in [1.82, 2.24) is 10.2 Å². The van der Waals surface area contributed by atoms with Crippen LogP contribution in [0.3, 0.4) is 0 Å². The number of piperidine rings is 1. The molecule has 1 heterocycles. The number of carboxylic acid groups (broad SMARTS) is 1. The van der Waals surface area contributed by atoms with E-state index < -0.39 is 11.9 Å². The lowest BCUT2D eigenvalue weighted by atomic mass is 9.91. The third kappa shape index (κ3) is 5.70. The largest absolute Gasteiger partial charge is 0.481 e. The van der Waals surface area contributed by atoms with Gasteiger partial charge in [0.2, 0.25) is 0 Å². The van der Waals surface area contributed by atoms with Crippen LogP contribution in [0.15, 0.2) is 24.3 Å². The molecule has 0 spiro atoms. The van der Waals surface area contributed by atoms with Gasteiger partial charge >= 0.3 is 12.0 Å². The topological polar surface area (TPSA) is 98.7 Å². The summed E-state index contributed by atoms with van der Waals surface area (Å²) < 4.78 is 0. The summed E-state index contributed by atoms with van der Waals surface area (Å²) in [5.74, 6) is -1.43. The van der Waals surface area contributed by atoms with Crippen molar-refractivity contribution in [3.05, 3.63) is 29.8 Å². The Balaban J connectivity index is 1.98. The minimum atomic E-state index is -0.871. The molecule has 148 valence electrons. The number of nitrogens with zero attached hydrogens (tertiary/aromatic N) is 1. The van der Waals surface area contributed by atoms with Crippen LogP contribution in [0.1, 0.15) is 50.9 Å². The Morgan fingerprint density at radius 1 is 1.19 bits per heavy atom. The summed E-state index contributed by atoms with van der Waals surface area (Å²) in [6.07, 6.45) is 1.40. The number of benzene rings is 1. The van der Waals surface area contributed by atoms with E-state index in [1.54, 1.807) is 24.3 Å². The van der Waals surface area contributed by atoms with Crippen LogP contribution in [0.25, 0.3) is 0 Å². The molecule has 0 aliphatic carbocycles. The molecule has 2 atom stereocenters. The molecule has 0 aromatic heterocycles. The molecule has 1 aromatic rings. The molecule has 27 heavy (non-hydrogen) atoms. The highest BCUT2D eigenvalue weighted by Gasteiger charge is 2.31. The van der Waals surface area contributed by atoms with E-state index in [1.807, 2.05) is 27.7 Å². The molecular formula is C20H29N3O4. The maximum Gasteiger partial charge on any atom is 0.321 e. The summed E-state index contributed by atoms with van der Waals surface area (Å²) in [4.78, 5) is 37.5. The first-order valence-corrected chi connectivity index (χ1v) is 9.32. The monoisotopic (exact) mass is 375 g/mol. The third-order valence-corrected chi connectivity index (χ3v) is 5.03. The summed E-state index contributed by atoms with van der Waals surface area (Å²) >= 11 is 0. The molecule has 2 rings (SSSR count). The first-order valence-electron chi connectivity index (χ1n) is 9.32. The van der Waals surface area contributed by atoms with Crippen molar-refractivity contribution in [1.29, 1.82) is 0 Å².